The Balaban J connectivity index is 1.32. The highest BCUT2D eigenvalue weighted by atomic mass is 16.2. The summed E-state index contributed by atoms with van der Waals surface area (Å²) < 4.78 is 0. The van der Waals surface area contributed by atoms with Gasteiger partial charge in [-0.05, 0) is 49.8 Å². The summed E-state index contributed by atoms with van der Waals surface area (Å²) in [6.45, 7) is 2.39. The lowest BCUT2D eigenvalue weighted by Crippen LogP contribution is -2.54. The summed E-state index contributed by atoms with van der Waals surface area (Å²) in [4.78, 5) is 50.8. The van der Waals surface area contributed by atoms with Crippen molar-refractivity contribution < 1.29 is 19.2 Å². The normalized spacial score (nSPS) is 30.6. The van der Waals surface area contributed by atoms with Crippen molar-refractivity contribution in [3.8, 4) is 0 Å². The highest BCUT2D eigenvalue weighted by Gasteiger charge is 2.45. The second kappa shape index (κ2) is 7.28. The van der Waals surface area contributed by atoms with Gasteiger partial charge in [0.1, 0.15) is 6.04 Å². The zero-order valence-electron chi connectivity index (χ0n) is 16.8. The summed E-state index contributed by atoms with van der Waals surface area (Å²) in [6, 6.07) is 4.33. The van der Waals surface area contributed by atoms with Crippen molar-refractivity contribution in [2.75, 3.05) is 13.1 Å². The number of benzene rings is 1. The maximum absolute atomic E-state index is 13.1. The number of nitrogens with one attached hydrogen (secondary N) is 3. The van der Waals surface area contributed by atoms with Crippen LogP contribution in [0.3, 0.4) is 0 Å². The molecular weight excluding hydrogens is 384 g/mol. The van der Waals surface area contributed by atoms with Crippen molar-refractivity contribution in [1.29, 1.82) is 0 Å². The molecule has 2 unspecified atom stereocenters. The van der Waals surface area contributed by atoms with E-state index in [4.69, 9.17) is 0 Å². The maximum Gasteiger partial charge on any atom is 0.262 e. The Morgan fingerprint density at radius 2 is 2.00 bits per heavy atom. The Labute approximate surface area is 174 Å². The standard InChI is InChI=1S/C22H26N4O4/c27-17-7-6-16(19(28)25-17)26-20(29)15-5-1-4-14(18(15)21(26)30)11-23-12-22-8-2-3-13(9-22)10-24-22/h1,4-5,13,16,23-24H,2-3,6-12H2,(H,25,27,28)/t13?,16?,22-/m1/s1. The lowest BCUT2D eigenvalue weighted by Gasteiger charge is -2.33. The number of piperidine rings is 1. The molecule has 0 spiro atoms. The van der Waals surface area contributed by atoms with Crippen LogP contribution in [-0.2, 0) is 16.1 Å². The van der Waals surface area contributed by atoms with Crippen molar-refractivity contribution in [3.63, 3.8) is 0 Å². The molecule has 4 aliphatic rings. The summed E-state index contributed by atoms with van der Waals surface area (Å²) in [7, 11) is 0. The largest absolute Gasteiger partial charge is 0.311 e. The Morgan fingerprint density at radius 1 is 1.13 bits per heavy atom. The minimum Gasteiger partial charge on any atom is -0.311 e. The smallest absolute Gasteiger partial charge is 0.262 e. The number of carbonyl (C=O) groups excluding carboxylic acids is 4. The molecule has 3 atom stereocenters. The van der Waals surface area contributed by atoms with E-state index in [1.165, 1.54) is 19.3 Å². The molecule has 0 radical (unpaired) electrons. The van der Waals surface area contributed by atoms with Crippen LogP contribution in [0.15, 0.2) is 18.2 Å². The van der Waals surface area contributed by atoms with Crippen LogP contribution in [0.2, 0.25) is 0 Å². The number of imide groups is 2. The molecular formula is C22H26N4O4. The lowest BCUT2D eigenvalue weighted by molar-refractivity contribution is -0.136. The predicted octanol–water partition coefficient (Wildman–Crippen LogP) is 0.710. The highest BCUT2D eigenvalue weighted by Crippen LogP contribution is 2.37. The minimum atomic E-state index is -0.934. The highest BCUT2D eigenvalue weighted by molar-refractivity contribution is 6.24. The van der Waals surface area contributed by atoms with Crippen LogP contribution in [-0.4, -0.2) is 53.2 Å². The Kier molecular flexibility index (Phi) is 4.71. The number of carbonyl (C=O) groups is 4. The predicted molar refractivity (Wildman–Crippen MR) is 108 cm³/mol. The second-order valence-corrected chi connectivity index (χ2v) is 9.01. The van der Waals surface area contributed by atoms with Gasteiger partial charge in [0.25, 0.3) is 11.8 Å². The van der Waals surface area contributed by atoms with Gasteiger partial charge in [-0.2, -0.15) is 0 Å². The van der Waals surface area contributed by atoms with Gasteiger partial charge < -0.3 is 10.6 Å². The number of hydrogen-bond donors (Lipinski definition) is 3. The molecule has 1 aromatic carbocycles. The van der Waals surface area contributed by atoms with E-state index in [1.807, 2.05) is 6.07 Å². The van der Waals surface area contributed by atoms with Crippen LogP contribution in [0.25, 0.3) is 0 Å². The summed E-state index contributed by atoms with van der Waals surface area (Å²) >= 11 is 0. The number of rotatable bonds is 5. The lowest BCUT2D eigenvalue weighted by atomic mass is 9.80. The average Bonchev–Trinajstić information content (AvgIpc) is 3.16. The third-order valence-corrected chi connectivity index (χ3v) is 7.05. The number of hydrogen-bond acceptors (Lipinski definition) is 6. The van der Waals surface area contributed by atoms with Gasteiger partial charge in [-0.1, -0.05) is 18.6 Å². The molecule has 2 saturated heterocycles. The van der Waals surface area contributed by atoms with Gasteiger partial charge >= 0.3 is 0 Å². The molecule has 3 N–H and O–H groups in total. The summed E-state index contributed by atoms with van der Waals surface area (Å²) in [6.07, 6.45) is 5.17. The van der Waals surface area contributed by atoms with Crippen LogP contribution < -0.4 is 16.0 Å². The third kappa shape index (κ3) is 3.15. The second-order valence-electron chi connectivity index (χ2n) is 9.01. The number of fused-ring (bicyclic) bond motifs is 3. The first-order valence-corrected chi connectivity index (χ1v) is 10.8. The molecule has 4 amide bonds. The SMILES string of the molecule is O=C1CCC(N2C(=O)c3cccc(CNC[C@]45CCCC(CN4)C5)c3C2=O)C(=O)N1. The third-order valence-electron chi connectivity index (χ3n) is 7.05. The van der Waals surface area contributed by atoms with Gasteiger partial charge in [-0.3, -0.25) is 29.4 Å². The summed E-state index contributed by atoms with van der Waals surface area (Å²) in [5, 5.41) is 9.41. The van der Waals surface area contributed by atoms with Crippen molar-refractivity contribution in [1.82, 2.24) is 20.9 Å². The minimum absolute atomic E-state index is 0.119. The van der Waals surface area contributed by atoms with Crippen molar-refractivity contribution in [2.45, 2.75) is 56.7 Å². The van der Waals surface area contributed by atoms with E-state index >= 15 is 0 Å². The van der Waals surface area contributed by atoms with Crippen LogP contribution in [0.1, 0.15) is 64.8 Å². The molecule has 30 heavy (non-hydrogen) atoms. The van der Waals surface area contributed by atoms with Crippen LogP contribution in [0.5, 0.6) is 0 Å². The zero-order chi connectivity index (χ0) is 20.9. The van der Waals surface area contributed by atoms with Gasteiger partial charge in [-0.25, -0.2) is 0 Å². The summed E-state index contributed by atoms with van der Waals surface area (Å²) in [5.41, 5.74) is 1.61. The first kappa shape index (κ1) is 19.4. The molecule has 1 aliphatic carbocycles. The van der Waals surface area contributed by atoms with Crippen LogP contribution in [0, 0.1) is 5.92 Å². The molecule has 2 bridgehead atoms. The molecule has 1 aromatic rings. The fraction of sp³-hybridized carbons (Fsp3) is 0.545. The Morgan fingerprint density at radius 3 is 2.83 bits per heavy atom. The van der Waals surface area contributed by atoms with E-state index in [-0.39, 0.29) is 24.3 Å². The molecule has 8 nitrogen and oxygen atoms in total. The van der Waals surface area contributed by atoms with E-state index in [2.05, 4.69) is 16.0 Å². The molecule has 0 aromatic heterocycles. The zero-order valence-corrected chi connectivity index (χ0v) is 16.8. The fourth-order valence-electron chi connectivity index (χ4n) is 5.57. The van der Waals surface area contributed by atoms with E-state index in [0.29, 0.717) is 17.7 Å². The monoisotopic (exact) mass is 410 g/mol. The number of nitrogens with zero attached hydrogens (tertiary/aromatic N) is 1. The molecule has 1 saturated carbocycles. The first-order chi connectivity index (χ1) is 14.5. The van der Waals surface area contributed by atoms with E-state index in [9.17, 15) is 19.2 Å². The first-order valence-electron chi connectivity index (χ1n) is 10.8. The quantitative estimate of drug-likeness (QED) is 0.617. The topological polar surface area (TPSA) is 108 Å². The average molecular weight is 410 g/mol. The fourth-order valence-corrected chi connectivity index (χ4v) is 5.57. The van der Waals surface area contributed by atoms with Gasteiger partial charge in [0.15, 0.2) is 0 Å². The van der Waals surface area contributed by atoms with E-state index in [0.717, 1.165) is 35.9 Å². The van der Waals surface area contributed by atoms with Gasteiger partial charge in [-0.15, -0.1) is 0 Å². The molecule has 3 aliphatic heterocycles. The van der Waals surface area contributed by atoms with Gasteiger partial charge in [0, 0.05) is 25.0 Å². The molecule has 3 heterocycles. The summed E-state index contributed by atoms with van der Waals surface area (Å²) in [5.74, 6) is -1.10. The van der Waals surface area contributed by atoms with Crippen molar-refractivity contribution in [3.05, 3.63) is 34.9 Å². The molecule has 3 fully saturated rings. The van der Waals surface area contributed by atoms with Crippen molar-refractivity contribution in [2.24, 2.45) is 5.92 Å². The van der Waals surface area contributed by atoms with Gasteiger partial charge in [0.2, 0.25) is 11.8 Å². The van der Waals surface area contributed by atoms with Crippen molar-refractivity contribution >= 4 is 23.6 Å². The molecule has 8 heteroatoms. The molecule has 5 rings (SSSR count). The maximum atomic E-state index is 13.1. The van der Waals surface area contributed by atoms with Gasteiger partial charge in [0.05, 0.1) is 11.1 Å². The number of amides is 4. The Hall–Kier alpha value is -2.58. The Bertz CT molecular complexity index is 941. The van der Waals surface area contributed by atoms with Crippen LogP contribution in [0.4, 0.5) is 0 Å². The van der Waals surface area contributed by atoms with E-state index < -0.39 is 23.8 Å². The molecule has 158 valence electrons. The van der Waals surface area contributed by atoms with Crippen LogP contribution >= 0.6 is 0 Å². The van der Waals surface area contributed by atoms with E-state index in [1.54, 1.807) is 12.1 Å².